The molecule has 0 aliphatic heterocycles. The van der Waals surface area contributed by atoms with E-state index in [0.717, 1.165) is 11.1 Å². The number of hydrogen-bond acceptors (Lipinski definition) is 3. The highest BCUT2D eigenvalue weighted by atomic mass is 35.5. The fraction of sp³-hybridized carbons (Fsp3) is 0.333. The van der Waals surface area contributed by atoms with Gasteiger partial charge in [0.1, 0.15) is 11.8 Å². The minimum absolute atomic E-state index is 0.0870. The lowest BCUT2D eigenvalue weighted by molar-refractivity contribution is -0.143. The molecule has 0 fully saturated rings. The largest absolute Gasteiger partial charge is 0.483 e. The standard InChI is InChI=1S/C30H34Cl2N2O3/c1-20(2)25-12-8-9-13-28(25)37-19-29(35)34(18-23-14-15-24(31)17-26(23)32)27(30(36)33-21(3)4)16-22-10-6-5-7-11-22/h5-15,17,20-21,27H,16,18-19H2,1-4H3,(H,33,36)/t27-/m0/s1. The van der Waals surface area contributed by atoms with E-state index in [1.54, 1.807) is 23.1 Å². The van der Waals surface area contributed by atoms with Crippen LogP contribution in [-0.4, -0.2) is 35.4 Å². The van der Waals surface area contributed by atoms with Crippen molar-refractivity contribution >= 4 is 35.0 Å². The van der Waals surface area contributed by atoms with Gasteiger partial charge in [-0.2, -0.15) is 0 Å². The number of carbonyl (C=O) groups excluding carboxylic acids is 2. The molecule has 37 heavy (non-hydrogen) atoms. The Kier molecular flexibility index (Phi) is 10.4. The molecule has 1 atom stereocenters. The quantitative estimate of drug-likeness (QED) is 0.295. The van der Waals surface area contributed by atoms with Gasteiger partial charge in [-0.3, -0.25) is 9.59 Å². The van der Waals surface area contributed by atoms with Crippen molar-refractivity contribution in [2.45, 2.75) is 58.7 Å². The molecule has 1 N–H and O–H groups in total. The summed E-state index contributed by atoms with van der Waals surface area (Å²) in [5, 5.41) is 3.91. The van der Waals surface area contributed by atoms with E-state index < -0.39 is 6.04 Å². The third-order valence-corrected chi connectivity index (χ3v) is 6.54. The topological polar surface area (TPSA) is 58.6 Å². The third kappa shape index (κ3) is 8.24. The van der Waals surface area contributed by atoms with Crippen molar-refractivity contribution in [1.82, 2.24) is 10.2 Å². The zero-order chi connectivity index (χ0) is 26.9. The molecule has 0 aromatic heterocycles. The fourth-order valence-electron chi connectivity index (χ4n) is 4.08. The molecule has 0 aliphatic rings. The summed E-state index contributed by atoms with van der Waals surface area (Å²) in [6, 6.07) is 21.6. The minimum atomic E-state index is -0.770. The van der Waals surface area contributed by atoms with Crippen molar-refractivity contribution in [3.05, 3.63) is 99.5 Å². The monoisotopic (exact) mass is 540 g/mol. The second-order valence-corrected chi connectivity index (χ2v) is 10.5. The third-order valence-electron chi connectivity index (χ3n) is 5.95. The van der Waals surface area contributed by atoms with Gasteiger partial charge in [-0.25, -0.2) is 0 Å². The number of hydrogen-bond donors (Lipinski definition) is 1. The molecular formula is C30H34Cl2N2O3. The number of amides is 2. The average Bonchev–Trinajstić information content (AvgIpc) is 2.86. The Hall–Kier alpha value is -3.02. The number of ether oxygens (including phenoxy) is 1. The number of benzene rings is 3. The van der Waals surface area contributed by atoms with Gasteiger partial charge in [0.25, 0.3) is 5.91 Å². The SMILES string of the molecule is CC(C)NC(=O)[C@H](Cc1ccccc1)N(Cc1ccc(Cl)cc1Cl)C(=O)COc1ccccc1C(C)C. The maximum Gasteiger partial charge on any atom is 0.261 e. The normalized spacial score (nSPS) is 11.9. The van der Waals surface area contributed by atoms with Crippen LogP contribution in [0.2, 0.25) is 10.0 Å². The molecule has 0 heterocycles. The van der Waals surface area contributed by atoms with Gasteiger partial charge in [0, 0.05) is 29.1 Å². The number of nitrogens with zero attached hydrogens (tertiary/aromatic N) is 1. The van der Waals surface area contributed by atoms with Crippen LogP contribution in [0.15, 0.2) is 72.8 Å². The smallest absolute Gasteiger partial charge is 0.261 e. The molecule has 3 aromatic rings. The second-order valence-electron chi connectivity index (χ2n) is 9.61. The molecule has 3 aromatic carbocycles. The van der Waals surface area contributed by atoms with Crippen LogP contribution in [0.4, 0.5) is 0 Å². The molecule has 3 rings (SSSR count). The lowest BCUT2D eigenvalue weighted by atomic mass is 10.0. The van der Waals surface area contributed by atoms with E-state index in [4.69, 9.17) is 27.9 Å². The summed E-state index contributed by atoms with van der Waals surface area (Å²) in [5.41, 5.74) is 2.65. The van der Waals surface area contributed by atoms with Crippen LogP contribution in [0.1, 0.15) is 50.3 Å². The van der Waals surface area contributed by atoms with Crippen LogP contribution < -0.4 is 10.1 Å². The zero-order valence-electron chi connectivity index (χ0n) is 21.7. The molecule has 0 spiro atoms. The first-order chi connectivity index (χ1) is 17.7. The Morgan fingerprint density at radius 1 is 0.919 bits per heavy atom. The maximum absolute atomic E-state index is 13.8. The van der Waals surface area contributed by atoms with Crippen molar-refractivity contribution in [3.63, 3.8) is 0 Å². The predicted octanol–water partition coefficient (Wildman–Crippen LogP) is 6.66. The molecule has 0 saturated heterocycles. The number of carbonyl (C=O) groups is 2. The van der Waals surface area contributed by atoms with Crippen LogP contribution in [0, 0.1) is 0 Å². The number of para-hydroxylation sites is 1. The average molecular weight is 542 g/mol. The number of halogens is 2. The molecule has 0 saturated carbocycles. The van der Waals surface area contributed by atoms with Gasteiger partial charge < -0.3 is 15.0 Å². The first kappa shape index (κ1) is 28.5. The first-order valence-electron chi connectivity index (χ1n) is 12.4. The predicted molar refractivity (Wildman–Crippen MR) is 150 cm³/mol. The fourth-order valence-corrected chi connectivity index (χ4v) is 4.55. The molecule has 0 radical (unpaired) electrons. The van der Waals surface area contributed by atoms with Crippen molar-refractivity contribution in [1.29, 1.82) is 0 Å². The van der Waals surface area contributed by atoms with Gasteiger partial charge >= 0.3 is 0 Å². The minimum Gasteiger partial charge on any atom is -0.483 e. The van der Waals surface area contributed by atoms with Crippen LogP contribution in [0.25, 0.3) is 0 Å². The summed E-state index contributed by atoms with van der Waals surface area (Å²) in [5.74, 6) is 0.337. The molecule has 5 nitrogen and oxygen atoms in total. The Morgan fingerprint density at radius 2 is 1.59 bits per heavy atom. The molecular weight excluding hydrogens is 507 g/mol. The van der Waals surface area contributed by atoms with Crippen LogP contribution in [-0.2, 0) is 22.6 Å². The summed E-state index contributed by atoms with van der Waals surface area (Å²) in [6.07, 6.45) is 0.346. The van der Waals surface area contributed by atoms with Crippen molar-refractivity contribution in [2.24, 2.45) is 0 Å². The van der Waals surface area contributed by atoms with Gasteiger partial charge in [0.15, 0.2) is 6.61 Å². The van der Waals surface area contributed by atoms with E-state index in [1.165, 1.54) is 0 Å². The highest BCUT2D eigenvalue weighted by Crippen LogP contribution is 2.27. The Balaban J connectivity index is 1.96. The van der Waals surface area contributed by atoms with E-state index in [0.29, 0.717) is 27.8 Å². The van der Waals surface area contributed by atoms with Crippen molar-refractivity contribution in [3.8, 4) is 5.75 Å². The summed E-state index contributed by atoms with van der Waals surface area (Å²) in [4.78, 5) is 28.8. The van der Waals surface area contributed by atoms with Crippen LogP contribution in [0.5, 0.6) is 5.75 Å². The summed E-state index contributed by atoms with van der Waals surface area (Å²) in [7, 11) is 0. The molecule has 7 heteroatoms. The summed E-state index contributed by atoms with van der Waals surface area (Å²) < 4.78 is 6.01. The van der Waals surface area contributed by atoms with Crippen LogP contribution >= 0.6 is 23.2 Å². The van der Waals surface area contributed by atoms with E-state index in [9.17, 15) is 9.59 Å². The Labute approximate surface area is 229 Å². The number of nitrogens with one attached hydrogen (secondary N) is 1. The summed E-state index contributed by atoms with van der Waals surface area (Å²) in [6.45, 7) is 7.86. The second kappa shape index (κ2) is 13.5. The van der Waals surface area contributed by atoms with Gasteiger partial charge in [-0.1, -0.05) is 91.6 Å². The van der Waals surface area contributed by atoms with Gasteiger partial charge in [0.2, 0.25) is 5.91 Å². The Bertz CT molecular complexity index is 1200. The molecule has 0 aliphatic carbocycles. The molecule has 0 bridgehead atoms. The van der Waals surface area contributed by atoms with E-state index >= 15 is 0 Å². The zero-order valence-corrected chi connectivity index (χ0v) is 23.2. The van der Waals surface area contributed by atoms with Crippen molar-refractivity contribution < 1.29 is 14.3 Å². The van der Waals surface area contributed by atoms with E-state index in [2.05, 4.69) is 19.2 Å². The van der Waals surface area contributed by atoms with E-state index in [-0.39, 0.29) is 36.9 Å². The highest BCUT2D eigenvalue weighted by Gasteiger charge is 2.31. The van der Waals surface area contributed by atoms with Gasteiger partial charge in [-0.05, 0) is 54.7 Å². The van der Waals surface area contributed by atoms with Crippen molar-refractivity contribution in [2.75, 3.05) is 6.61 Å². The van der Waals surface area contributed by atoms with Gasteiger partial charge in [0.05, 0.1) is 0 Å². The summed E-state index contributed by atoms with van der Waals surface area (Å²) >= 11 is 12.6. The lowest BCUT2D eigenvalue weighted by Gasteiger charge is -2.32. The molecule has 196 valence electrons. The number of rotatable bonds is 11. The first-order valence-corrected chi connectivity index (χ1v) is 13.2. The molecule has 2 amide bonds. The Morgan fingerprint density at radius 3 is 2.24 bits per heavy atom. The van der Waals surface area contributed by atoms with Crippen LogP contribution in [0.3, 0.4) is 0 Å². The lowest BCUT2D eigenvalue weighted by Crippen LogP contribution is -2.52. The highest BCUT2D eigenvalue weighted by molar-refractivity contribution is 6.35. The maximum atomic E-state index is 13.8. The molecule has 0 unspecified atom stereocenters. The van der Waals surface area contributed by atoms with E-state index in [1.807, 2.05) is 68.4 Å². The van der Waals surface area contributed by atoms with Gasteiger partial charge in [-0.15, -0.1) is 0 Å².